The van der Waals surface area contributed by atoms with Crippen molar-refractivity contribution in [3.63, 3.8) is 0 Å². The van der Waals surface area contributed by atoms with Crippen molar-refractivity contribution in [1.82, 2.24) is 24.3 Å². The lowest BCUT2D eigenvalue weighted by atomic mass is 10.0. The number of amides is 2. The highest BCUT2D eigenvalue weighted by Gasteiger charge is 2.36. The normalized spacial score (nSPS) is 17.2. The van der Waals surface area contributed by atoms with Crippen LogP contribution in [-0.2, 0) is 4.74 Å². The number of likely N-dealkylation sites (tertiary alicyclic amines) is 1. The zero-order valence-electron chi connectivity index (χ0n) is 30.1. The number of anilines is 1. The molecule has 2 amide bonds. The van der Waals surface area contributed by atoms with Gasteiger partial charge in [0.1, 0.15) is 22.4 Å². The summed E-state index contributed by atoms with van der Waals surface area (Å²) in [5.41, 5.74) is 1.19. The number of nitrogens with zero attached hydrogens (tertiary/aromatic N) is 4. The van der Waals surface area contributed by atoms with E-state index in [4.69, 9.17) is 9.47 Å². The largest absolute Gasteiger partial charge is 0.451 e. The van der Waals surface area contributed by atoms with Gasteiger partial charge in [-0.25, -0.2) is 14.0 Å². The van der Waals surface area contributed by atoms with E-state index in [0.717, 1.165) is 21.8 Å². The first kappa shape index (κ1) is 33.7. The Balaban J connectivity index is 1.09. The quantitative estimate of drug-likeness (QED) is 0.208. The van der Waals surface area contributed by atoms with Crippen LogP contribution in [0.4, 0.5) is 14.9 Å². The summed E-state index contributed by atoms with van der Waals surface area (Å²) in [5, 5.41) is 4.75. The van der Waals surface area contributed by atoms with Crippen molar-refractivity contribution in [3.05, 3.63) is 105 Å². The lowest BCUT2D eigenvalue weighted by Crippen LogP contribution is -2.42. The van der Waals surface area contributed by atoms with E-state index in [1.807, 2.05) is 65.6 Å². The number of imidazole rings is 1. The number of nitrogens with one attached hydrogen (secondary N) is 2. The average molecular weight is 731 g/mol. The van der Waals surface area contributed by atoms with Gasteiger partial charge in [0.25, 0.3) is 5.91 Å². The molecule has 2 N–H and O–H groups in total. The second-order valence-corrected chi connectivity index (χ2v) is 15.4. The van der Waals surface area contributed by atoms with Crippen molar-refractivity contribution in [3.8, 4) is 17.2 Å². The number of aromatic amines is 1. The van der Waals surface area contributed by atoms with E-state index < -0.39 is 28.8 Å². The van der Waals surface area contributed by atoms with Gasteiger partial charge >= 0.3 is 11.8 Å². The number of H-pyrrole nitrogens is 1. The molecule has 12 nitrogen and oxygen atoms in total. The summed E-state index contributed by atoms with van der Waals surface area (Å²) >= 11 is 0. The number of benzene rings is 4. The third-order valence-corrected chi connectivity index (χ3v) is 10.7. The van der Waals surface area contributed by atoms with Crippen molar-refractivity contribution in [2.75, 3.05) is 31.1 Å². The van der Waals surface area contributed by atoms with Gasteiger partial charge in [-0.2, -0.15) is 0 Å². The number of carbonyl (C=O) groups excluding carboxylic acids is 2. The summed E-state index contributed by atoms with van der Waals surface area (Å²) < 4.78 is 32.0. The smallest absolute Gasteiger partial charge is 0.407 e. The Morgan fingerprint density at radius 1 is 0.944 bits per heavy atom. The van der Waals surface area contributed by atoms with E-state index in [2.05, 4.69) is 10.3 Å². The highest BCUT2D eigenvalue weighted by Crippen LogP contribution is 2.48. The maximum atomic E-state index is 16.5. The van der Waals surface area contributed by atoms with Crippen LogP contribution in [0.15, 0.2) is 82.5 Å². The first-order valence-corrected chi connectivity index (χ1v) is 18.3. The molecular formula is C41H39FN6O6. The van der Waals surface area contributed by atoms with Gasteiger partial charge in [-0.05, 0) is 81.1 Å². The SMILES string of the molecule is CC(C)(C)OC(=O)NC1CCN(c2c(F)cc3c(=O)c(C(=O)N4CCC(n5c(=O)[nH]c6ccccc65)CC4)cn4c3c2Oc2cc3ccccc3cc2-4)C1. The Labute approximate surface area is 308 Å². The van der Waals surface area contributed by atoms with Crippen LogP contribution >= 0.6 is 0 Å². The molecule has 3 aliphatic rings. The van der Waals surface area contributed by atoms with E-state index >= 15 is 4.39 Å². The van der Waals surface area contributed by atoms with E-state index in [0.29, 0.717) is 62.4 Å². The number of hydrogen-bond acceptors (Lipinski definition) is 7. The molecule has 1 atom stereocenters. The lowest BCUT2D eigenvalue weighted by molar-refractivity contribution is 0.0508. The lowest BCUT2D eigenvalue weighted by Gasteiger charge is -2.33. The van der Waals surface area contributed by atoms with Gasteiger partial charge in [0.15, 0.2) is 17.3 Å². The third kappa shape index (κ3) is 5.65. The molecule has 2 aromatic heterocycles. The Morgan fingerprint density at radius 3 is 2.43 bits per heavy atom. The molecule has 2 fully saturated rings. The minimum Gasteiger partial charge on any atom is -0.451 e. The molecule has 2 saturated heterocycles. The summed E-state index contributed by atoms with van der Waals surface area (Å²) in [5.74, 6) is -0.500. The maximum absolute atomic E-state index is 16.5. The molecule has 1 unspecified atom stereocenters. The number of ether oxygens (including phenoxy) is 2. The second kappa shape index (κ2) is 12.5. The van der Waals surface area contributed by atoms with Crippen LogP contribution < -0.4 is 26.1 Å². The van der Waals surface area contributed by atoms with Crippen LogP contribution in [-0.4, -0.2) is 68.8 Å². The Morgan fingerprint density at radius 2 is 1.67 bits per heavy atom. The van der Waals surface area contributed by atoms with Gasteiger partial charge in [0.2, 0.25) is 5.43 Å². The van der Waals surface area contributed by atoms with Crippen LogP contribution in [0.25, 0.3) is 38.4 Å². The molecule has 0 bridgehead atoms. The Bertz CT molecular complexity index is 2650. The van der Waals surface area contributed by atoms with Crippen molar-refractivity contribution in [2.45, 2.75) is 57.7 Å². The third-order valence-electron chi connectivity index (χ3n) is 10.7. The number of piperidine rings is 1. The standard InChI is InChI=1S/C41H39FN6O6/c1-41(2,3)54-40(52)43-25-12-15-46(21-25)35-29(42)20-27-34-37(35)53-33-19-24-9-5-4-8-23(24)18-32(33)47(34)22-28(36(27)49)38(50)45-16-13-26(14-17-45)48-31-11-7-6-10-30(31)44-39(48)51/h4-11,18-20,22,25-26H,12-17,21H2,1-3H3,(H,43,52)(H,44,51). The summed E-state index contributed by atoms with van der Waals surface area (Å²) in [6.07, 6.45) is 2.61. The number of aromatic nitrogens is 3. The highest BCUT2D eigenvalue weighted by atomic mass is 19.1. The van der Waals surface area contributed by atoms with E-state index in [-0.39, 0.29) is 40.2 Å². The molecule has 0 saturated carbocycles. The molecule has 3 aliphatic heterocycles. The van der Waals surface area contributed by atoms with Gasteiger partial charge < -0.3 is 34.1 Å². The summed E-state index contributed by atoms with van der Waals surface area (Å²) in [6, 6.07) is 19.9. The van der Waals surface area contributed by atoms with Gasteiger partial charge in [0.05, 0.1) is 28.1 Å². The predicted octanol–water partition coefficient (Wildman–Crippen LogP) is 6.61. The summed E-state index contributed by atoms with van der Waals surface area (Å²) in [4.78, 5) is 60.4. The van der Waals surface area contributed by atoms with Crippen LogP contribution in [0, 0.1) is 5.82 Å². The molecule has 276 valence electrons. The monoisotopic (exact) mass is 730 g/mol. The molecule has 54 heavy (non-hydrogen) atoms. The maximum Gasteiger partial charge on any atom is 0.407 e. The fourth-order valence-corrected chi connectivity index (χ4v) is 8.23. The summed E-state index contributed by atoms with van der Waals surface area (Å²) in [7, 11) is 0. The Kier molecular flexibility index (Phi) is 7.80. The number of para-hydroxylation sites is 2. The van der Waals surface area contributed by atoms with Crippen molar-refractivity contribution in [1.29, 1.82) is 0 Å². The van der Waals surface area contributed by atoms with Crippen molar-refractivity contribution in [2.24, 2.45) is 0 Å². The number of fused-ring (bicyclic) bond motifs is 4. The van der Waals surface area contributed by atoms with Gasteiger partial charge in [-0.3, -0.25) is 14.2 Å². The number of pyridine rings is 1. The topological polar surface area (TPSA) is 131 Å². The number of rotatable bonds is 4. The zero-order chi connectivity index (χ0) is 37.5. The van der Waals surface area contributed by atoms with Gasteiger partial charge in [-0.15, -0.1) is 0 Å². The number of alkyl carbamates (subject to hydrolysis) is 1. The minimum absolute atomic E-state index is 0.0266. The molecule has 13 heteroatoms. The molecule has 6 aromatic rings. The number of halogens is 1. The molecule has 0 spiro atoms. The van der Waals surface area contributed by atoms with Crippen LogP contribution in [0.1, 0.15) is 56.4 Å². The fraction of sp³-hybridized carbons (Fsp3) is 0.317. The number of hydrogen-bond donors (Lipinski definition) is 2. The predicted molar refractivity (Wildman–Crippen MR) is 204 cm³/mol. The van der Waals surface area contributed by atoms with Crippen molar-refractivity contribution < 1.29 is 23.5 Å². The van der Waals surface area contributed by atoms with Crippen LogP contribution in [0.3, 0.4) is 0 Å². The second-order valence-electron chi connectivity index (χ2n) is 15.4. The highest BCUT2D eigenvalue weighted by molar-refractivity contribution is 6.02. The molecule has 9 rings (SSSR count). The Hall–Kier alpha value is -6.11. The van der Waals surface area contributed by atoms with Crippen molar-refractivity contribution >= 4 is 50.4 Å². The molecule has 0 aliphatic carbocycles. The zero-order valence-corrected chi connectivity index (χ0v) is 30.1. The van der Waals surface area contributed by atoms with E-state index in [9.17, 15) is 19.2 Å². The molecule has 4 aromatic carbocycles. The van der Waals surface area contributed by atoms with Gasteiger partial charge in [-0.1, -0.05) is 36.4 Å². The average Bonchev–Trinajstić information content (AvgIpc) is 3.73. The van der Waals surface area contributed by atoms with Crippen LogP contribution in [0.5, 0.6) is 11.5 Å². The summed E-state index contributed by atoms with van der Waals surface area (Å²) in [6.45, 7) is 6.76. The first-order valence-electron chi connectivity index (χ1n) is 18.3. The fourth-order valence-electron chi connectivity index (χ4n) is 8.23. The minimum atomic E-state index is -0.669. The van der Waals surface area contributed by atoms with Gasteiger partial charge in [0, 0.05) is 38.4 Å². The van der Waals surface area contributed by atoms with E-state index in [1.165, 1.54) is 6.07 Å². The number of carbonyl (C=O) groups is 2. The molecule has 0 radical (unpaired) electrons. The first-order chi connectivity index (χ1) is 25.9. The van der Waals surface area contributed by atoms with Crippen LogP contribution in [0.2, 0.25) is 0 Å². The molecule has 5 heterocycles. The van der Waals surface area contributed by atoms with E-state index in [1.54, 1.807) is 41.0 Å². The molecular weight excluding hydrogens is 691 g/mol.